The molecule has 0 amide bonds. The van der Waals surface area contributed by atoms with E-state index >= 15 is 0 Å². The van der Waals surface area contributed by atoms with Gasteiger partial charge < -0.3 is 14.8 Å². The van der Waals surface area contributed by atoms with Crippen molar-refractivity contribution in [3.05, 3.63) is 44.6 Å². The maximum absolute atomic E-state index is 5.88. The number of rotatable bonds is 8. The van der Waals surface area contributed by atoms with Crippen molar-refractivity contribution in [2.45, 2.75) is 26.4 Å². The number of hydrogen-bond acceptors (Lipinski definition) is 4. The lowest BCUT2D eigenvalue weighted by molar-refractivity contribution is 0.290. The Morgan fingerprint density at radius 1 is 1.24 bits per heavy atom. The largest absolute Gasteiger partial charge is 0.493 e. The molecule has 2 rings (SSSR count). The smallest absolute Gasteiger partial charge is 0.166 e. The molecule has 0 saturated heterocycles. The van der Waals surface area contributed by atoms with Crippen LogP contribution < -0.4 is 14.8 Å². The first-order valence-electron chi connectivity index (χ1n) is 6.97. The van der Waals surface area contributed by atoms with Crippen molar-refractivity contribution >= 4 is 27.3 Å². The van der Waals surface area contributed by atoms with Crippen LogP contribution in [0.25, 0.3) is 0 Å². The topological polar surface area (TPSA) is 30.5 Å². The molecule has 0 bridgehead atoms. The van der Waals surface area contributed by atoms with Gasteiger partial charge in [-0.1, -0.05) is 28.9 Å². The summed E-state index contributed by atoms with van der Waals surface area (Å²) in [5, 5.41) is 5.55. The normalized spacial score (nSPS) is 10.6. The number of benzene rings is 1. The lowest BCUT2D eigenvalue weighted by atomic mass is 10.2. The van der Waals surface area contributed by atoms with E-state index in [1.54, 1.807) is 18.4 Å². The fraction of sp³-hybridized carbons (Fsp3) is 0.375. The molecule has 5 heteroatoms. The van der Waals surface area contributed by atoms with Gasteiger partial charge in [0.05, 0.1) is 13.7 Å². The number of halogens is 1. The second-order valence-electron chi connectivity index (χ2n) is 4.59. The van der Waals surface area contributed by atoms with Crippen LogP contribution in [0.2, 0.25) is 0 Å². The number of hydrogen-bond donors (Lipinski definition) is 1. The molecule has 114 valence electrons. The van der Waals surface area contributed by atoms with E-state index in [1.807, 2.05) is 12.1 Å². The molecule has 0 fully saturated rings. The Morgan fingerprint density at radius 3 is 2.76 bits per heavy atom. The molecule has 1 aromatic carbocycles. The summed E-state index contributed by atoms with van der Waals surface area (Å²) in [6, 6.07) is 8.13. The predicted molar refractivity (Wildman–Crippen MR) is 91.3 cm³/mol. The second-order valence-corrected chi connectivity index (χ2v) is 6.48. The second kappa shape index (κ2) is 8.41. The van der Waals surface area contributed by atoms with Gasteiger partial charge in [0.25, 0.3) is 0 Å². The highest BCUT2D eigenvalue weighted by atomic mass is 79.9. The van der Waals surface area contributed by atoms with E-state index < -0.39 is 0 Å². The molecular formula is C16H20BrNO2S. The van der Waals surface area contributed by atoms with Crippen LogP contribution in [0.15, 0.2) is 34.1 Å². The summed E-state index contributed by atoms with van der Waals surface area (Å²) < 4.78 is 12.3. The Bertz CT molecular complexity index is 558. The fourth-order valence-electron chi connectivity index (χ4n) is 1.99. The van der Waals surface area contributed by atoms with Crippen LogP contribution >= 0.6 is 27.3 Å². The molecule has 0 aliphatic heterocycles. The van der Waals surface area contributed by atoms with Crippen LogP contribution in [0.1, 0.15) is 23.8 Å². The van der Waals surface area contributed by atoms with E-state index in [4.69, 9.17) is 9.47 Å². The Balaban J connectivity index is 2.11. The molecular weight excluding hydrogens is 350 g/mol. The van der Waals surface area contributed by atoms with Gasteiger partial charge in [-0.3, -0.25) is 0 Å². The van der Waals surface area contributed by atoms with Crippen LogP contribution in [0.4, 0.5) is 0 Å². The van der Waals surface area contributed by atoms with E-state index in [0.717, 1.165) is 41.0 Å². The zero-order valence-corrected chi connectivity index (χ0v) is 14.7. The molecule has 2 aromatic rings. The van der Waals surface area contributed by atoms with E-state index in [2.05, 4.69) is 45.7 Å². The minimum atomic E-state index is 0.685. The van der Waals surface area contributed by atoms with Gasteiger partial charge in [-0.05, 0) is 30.0 Å². The first-order valence-corrected chi connectivity index (χ1v) is 8.64. The number of thiophene rings is 1. The summed E-state index contributed by atoms with van der Waals surface area (Å²) in [4.78, 5) is 1.32. The lowest BCUT2D eigenvalue weighted by Crippen LogP contribution is -2.14. The number of methoxy groups -OCH3 is 1. The van der Waals surface area contributed by atoms with Gasteiger partial charge in [0.1, 0.15) is 0 Å². The Hall–Kier alpha value is -1.04. The monoisotopic (exact) mass is 369 g/mol. The molecule has 0 spiro atoms. The third-order valence-electron chi connectivity index (χ3n) is 3.02. The average molecular weight is 370 g/mol. The SMILES string of the molecule is CCCOc1c(OC)ccc(Br)c1CNCc1cccs1. The third-order valence-corrected chi connectivity index (χ3v) is 4.64. The molecule has 0 saturated carbocycles. The third kappa shape index (κ3) is 4.46. The average Bonchev–Trinajstić information content (AvgIpc) is 3.00. The lowest BCUT2D eigenvalue weighted by Gasteiger charge is -2.16. The quantitative estimate of drug-likeness (QED) is 0.737. The molecule has 1 N–H and O–H groups in total. The fourth-order valence-corrected chi connectivity index (χ4v) is 3.12. The number of nitrogens with one attached hydrogen (secondary N) is 1. The highest BCUT2D eigenvalue weighted by Gasteiger charge is 2.14. The molecule has 0 unspecified atom stereocenters. The molecule has 1 heterocycles. The first-order chi connectivity index (χ1) is 10.3. The Morgan fingerprint density at radius 2 is 2.10 bits per heavy atom. The van der Waals surface area contributed by atoms with Crippen LogP contribution in [0.3, 0.4) is 0 Å². The Kier molecular flexibility index (Phi) is 6.54. The Labute approximate surface area is 138 Å². The van der Waals surface area contributed by atoms with Gasteiger partial charge in [0, 0.05) is 28.0 Å². The predicted octanol–water partition coefficient (Wildman–Crippen LogP) is 4.60. The first kappa shape index (κ1) is 16.3. The minimum absolute atomic E-state index is 0.685. The van der Waals surface area contributed by atoms with E-state index in [-0.39, 0.29) is 0 Å². The molecule has 1 aromatic heterocycles. The summed E-state index contributed by atoms with van der Waals surface area (Å²) in [6.45, 7) is 4.37. The summed E-state index contributed by atoms with van der Waals surface area (Å²) >= 11 is 5.37. The number of ether oxygens (including phenoxy) is 2. The standard InChI is InChI=1S/C16H20BrNO2S/c1-3-8-20-16-13(14(17)6-7-15(16)19-2)11-18-10-12-5-4-9-21-12/h4-7,9,18H,3,8,10-11H2,1-2H3. The molecule has 0 aliphatic carbocycles. The molecule has 21 heavy (non-hydrogen) atoms. The van der Waals surface area contributed by atoms with Crippen molar-refractivity contribution in [1.29, 1.82) is 0 Å². The van der Waals surface area contributed by atoms with Crippen LogP contribution in [-0.2, 0) is 13.1 Å². The van der Waals surface area contributed by atoms with Crippen molar-refractivity contribution in [2.75, 3.05) is 13.7 Å². The van der Waals surface area contributed by atoms with Gasteiger partial charge in [0.15, 0.2) is 11.5 Å². The van der Waals surface area contributed by atoms with Crippen molar-refractivity contribution in [2.24, 2.45) is 0 Å². The van der Waals surface area contributed by atoms with Crippen molar-refractivity contribution in [1.82, 2.24) is 5.32 Å². The van der Waals surface area contributed by atoms with Crippen molar-refractivity contribution in [3.63, 3.8) is 0 Å². The summed E-state index contributed by atoms with van der Waals surface area (Å²) in [5.74, 6) is 1.60. The van der Waals surface area contributed by atoms with Crippen LogP contribution in [-0.4, -0.2) is 13.7 Å². The molecule has 0 atom stereocenters. The van der Waals surface area contributed by atoms with E-state index in [0.29, 0.717) is 6.61 Å². The van der Waals surface area contributed by atoms with E-state index in [1.165, 1.54) is 4.88 Å². The maximum atomic E-state index is 5.88. The highest BCUT2D eigenvalue weighted by molar-refractivity contribution is 9.10. The summed E-state index contributed by atoms with van der Waals surface area (Å²) in [6.07, 6.45) is 0.970. The van der Waals surface area contributed by atoms with Crippen molar-refractivity contribution < 1.29 is 9.47 Å². The molecule has 3 nitrogen and oxygen atoms in total. The van der Waals surface area contributed by atoms with Crippen LogP contribution in [0.5, 0.6) is 11.5 Å². The maximum Gasteiger partial charge on any atom is 0.166 e. The summed E-state index contributed by atoms with van der Waals surface area (Å²) in [5.41, 5.74) is 1.10. The van der Waals surface area contributed by atoms with Gasteiger partial charge >= 0.3 is 0 Å². The van der Waals surface area contributed by atoms with Crippen LogP contribution in [0, 0.1) is 0 Å². The zero-order valence-electron chi connectivity index (χ0n) is 12.3. The van der Waals surface area contributed by atoms with Gasteiger partial charge in [-0.15, -0.1) is 11.3 Å². The summed E-state index contributed by atoms with van der Waals surface area (Å²) in [7, 11) is 1.67. The minimum Gasteiger partial charge on any atom is -0.493 e. The van der Waals surface area contributed by atoms with Gasteiger partial charge in [0.2, 0.25) is 0 Å². The highest BCUT2D eigenvalue weighted by Crippen LogP contribution is 2.36. The molecule has 0 radical (unpaired) electrons. The van der Waals surface area contributed by atoms with E-state index in [9.17, 15) is 0 Å². The van der Waals surface area contributed by atoms with Crippen molar-refractivity contribution in [3.8, 4) is 11.5 Å². The van der Waals surface area contributed by atoms with Gasteiger partial charge in [-0.25, -0.2) is 0 Å². The van der Waals surface area contributed by atoms with Gasteiger partial charge in [-0.2, -0.15) is 0 Å². The zero-order chi connectivity index (χ0) is 15.1. The molecule has 0 aliphatic rings.